The van der Waals surface area contributed by atoms with Crippen LogP contribution in [0.5, 0.6) is 0 Å². The summed E-state index contributed by atoms with van der Waals surface area (Å²) in [4.78, 5) is 0. The van der Waals surface area contributed by atoms with Gasteiger partial charge in [0.05, 0.1) is 17.3 Å². The van der Waals surface area contributed by atoms with Crippen molar-refractivity contribution in [2.75, 3.05) is 7.05 Å². The van der Waals surface area contributed by atoms with Crippen molar-refractivity contribution in [3.05, 3.63) is 52.6 Å². The maximum absolute atomic E-state index is 13.5. The highest BCUT2D eigenvalue weighted by atomic mass is 35.5. The fourth-order valence-electron chi connectivity index (χ4n) is 2.13. The third kappa shape index (κ3) is 2.96. The fourth-order valence-corrected chi connectivity index (χ4v) is 2.36. The first-order valence-corrected chi connectivity index (χ1v) is 6.68. The molecule has 1 aromatic carbocycles. The minimum Gasteiger partial charge on any atom is -0.309 e. The number of rotatable bonds is 5. The molecule has 0 fully saturated rings. The van der Waals surface area contributed by atoms with Gasteiger partial charge in [0.1, 0.15) is 5.82 Å². The Bertz CT molecular complexity index is 553. The Labute approximate surface area is 117 Å². The summed E-state index contributed by atoms with van der Waals surface area (Å²) < 4.78 is 15.4. The lowest BCUT2D eigenvalue weighted by Gasteiger charge is -2.16. The van der Waals surface area contributed by atoms with E-state index in [-0.39, 0.29) is 11.1 Å². The number of aryl methyl sites for hydroxylation is 1. The van der Waals surface area contributed by atoms with Crippen LogP contribution in [0.1, 0.15) is 30.5 Å². The monoisotopic (exact) mass is 281 g/mol. The summed E-state index contributed by atoms with van der Waals surface area (Å²) in [6.07, 6.45) is 4.77. The first kappa shape index (κ1) is 14.0. The van der Waals surface area contributed by atoms with Gasteiger partial charge in [-0.15, -0.1) is 0 Å². The van der Waals surface area contributed by atoms with Gasteiger partial charge in [-0.3, -0.25) is 4.68 Å². The molecule has 0 radical (unpaired) electrons. The molecule has 1 atom stereocenters. The topological polar surface area (TPSA) is 29.9 Å². The molecule has 0 bridgehead atoms. The second-order valence-electron chi connectivity index (χ2n) is 4.40. The Kier molecular flexibility index (Phi) is 4.56. The lowest BCUT2D eigenvalue weighted by molar-refractivity contribution is 0.599. The van der Waals surface area contributed by atoms with Crippen LogP contribution in [0.3, 0.4) is 0 Å². The van der Waals surface area contributed by atoms with Gasteiger partial charge in [-0.1, -0.05) is 30.7 Å². The van der Waals surface area contributed by atoms with Crippen molar-refractivity contribution >= 4 is 11.6 Å². The van der Waals surface area contributed by atoms with E-state index in [1.165, 1.54) is 6.07 Å². The Morgan fingerprint density at radius 1 is 1.47 bits per heavy atom. The summed E-state index contributed by atoms with van der Waals surface area (Å²) in [5, 5.41) is 7.60. The van der Waals surface area contributed by atoms with Gasteiger partial charge in [0.25, 0.3) is 0 Å². The van der Waals surface area contributed by atoms with Gasteiger partial charge >= 0.3 is 0 Å². The fraction of sp³-hybridized carbons (Fsp3) is 0.357. The van der Waals surface area contributed by atoms with Gasteiger partial charge < -0.3 is 5.32 Å². The molecule has 1 aromatic heterocycles. The van der Waals surface area contributed by atoms with Crippen LogP contribution in [0.15, 0.2) is 30.6 Å². The Morgan fingerprint density at radius 2 is 2.26 bits per heavy atom. The summed E-state index contributed by atoms with van der Waals surface area (Å²) in [5.41, 5.74) is 1.70. The second-order valence-corrected chi connectivity index (χ2v) is 4.78. The molecule has 3 nitrogen and oxygen atoms in total. The Morgan fingerprint density at radius 3 is 2.95 bits per heavy atom. The van der Waals surface area contributed by atoms with E-state index >= 15 is 0 Å². The minimum absolute atomic E-state index is 0.157. The van der Waals surface area contributed by atoms with Gasteiger partial charge in [0.2, 0.25) is 0 Å². The van der Waals surface area contributed by atoms with Crippen LogP contribution in [0.4, 0.5) is 4.39 Å². The number of halogens is 2. The predicted molar refractivity (Wildman–Crippen MR) is 74.8 cm³/mol. The molecule has 0 aliphatic rings. The van der Waals surface area contributed by atoms with Crippen LogP contribution >= 0.6 is 11.6 Å². The number of aromatic nitrogens is 2. The van der Waals surface area contributed by atoms with Gasteiger partial charge in [-0.2, -0.15) is 5.10 Å². The molecule has 0 saturated heterocycles. The zero-order chi connectivity index (χ0) is 13.8. The molecule has 2 aromatic rings. The maximum Gasteiger partial charge on any atom is 0.142 e. The highest BCUT2D eigenvalue weighted by Gasteiger charge is 2.18. The molecular weight excluding hydrogens is 265 g/mol. The molecule has 102 valence electrons. The zero-order valence-corrected chi connectivity index (χ0v) is 11.8. The molecule has 0 aliphatic heterocycles. The average Bonchev–Trinajstić information content (AvgIpc) is 2.84. The first-order valence-electron chi connectivity index (χ1n) is 6.31. The summed E-state index contributed by atoms with van der Waals surface area (Å²) in [5.74, 6) is -0.402. The van der Waals surface area contributed by atoms with E-state index in [0.29, 0.717) is 0 Å². The van der Waals surface area contributed by atoms with Crippen LogP contribution in [0.2, 0.25) is 5.02 Å². The lowest BCUT2D eigenvalue weighted by atomic mass is 10.0. The van der Waals surface area contributed by atoms with Crippen LogP contribution < -0.4 is 5.32 Å². The quantitative estimate of drug-likeness (QED) is 0.910. The van der Waals surface area contributed by atoms with Crippen LogP contribution in [-0.2, 0) is 6.54 Å². The van der Waals surface area contributed by atoms with E-state index < -0.39 is 5.82 Å². The lowest BCUT2D eigenvalue weighted by Crippen LogP contribution is -2.18. The van der Waals surface area contributed by atoms with Crippen molar-refractivity contribution in [1.82, 2.24) is 15.1 Å². The van der Waals surface area contributed by atoms with Gasteiger partial charge in [-0.05, 0) is 25.1 Å². The van der Waals surface area contributed by atoms with Crippen LogP contribution in [-0.4, -0.2) is 16.8 Å². The molecule has 5 heteroatoms. The van der Waals surface area contributed by atoms with Crippen LogP contribution in [0.25, 0.3) is 0 Å². The Hall–Kier alpha value is -1.39. The molecular formula is C14H17ClFN3. The number of hydrogen-bond acceptors (Lipinski definition) is 2. The number of nitrogens with one attached hydrogen (secondary N) is 1. The number of benzene rings is 1. The highest BCUT2D eigenvalue weighted by Crippen LogP contribution is 2.29. The standard InChI is InChI=1S/C14H17ClFN3/c1-3-7-19-9-10(8-18-19)14(17-2)11-5-4-6-12(16)13(11)15/h4-6,8-9,14,17H,3,7H2,1-2H3. The molecule has 0 aliphatic carbocycles. The van der Waals surface area contributed by atoms with Crippen molar-refractivity contribution in [3.8, 4) is 0 Å². The average molecular weight is 282 g/mol. The van der Waals surface area contributed by atoms with Gasteiger partial charge in [0, 0.05) is 18.3 Å². The third-order valence-corrected chi connectivity index (χ3v) is 3.42. The summed E-state index contributed by atoms with van der Waals surface area (Å²) in [6.45, 7) is 2.97. The second kappa shape index (κ2) is 6.17. The molecule has 1 unspecified atom stereocenters. The van der Waals surface area contributed by atoms with E-state index in [1.54, 1.807) is 12.3 Å². The Balaban J connectivity index is 2.35. The van der Waals surface area contributed by atoms with E-state index in [2.05, 4.69) is 17.3 Å². The molecule has 19 heavy (non-hydrogen) atoms. The predicted octanol–water partition coefficient (Wildman–Crippen LogP) is 3.39. The highest BCUT2D eigenvalue weighted by molar-refractivity contribution is 6.31. The van der Waals surface area contributed by atoms with Crippen LogP contribution in [0, 0.1) is 5.82 Å². The summed E-state index contributed by atoms with van der Waals surface area (Å²) >= 11 is 6.04. The third-order valence-electron chi connectivity index (χ3n) is 3.02. The zero-order valence-electron chi connectivity index (χ0n) is 11.0. The molecule has 0 amide bonds. The van der Waals surface area contributed by atoms with E-state index in [0.717, 1.165) is 24.1 Å². The van der Waals surface area contributed by atoms with Crippen molar-refractivity contribution < 1.29 is 4.39 Å². The smallest absolute Gasteiger partial charge is 0.142 e. The van der Waals surface area contributed by atoms with E-state index in [9.17, 15) is 4.39 Å². The molecule has 1 N–H and O–H groups in total. The maximum atomic E-state index is 13.5. The summed E-state index contributed by atoms with van der Waals surface area (Å²) in [6, 6.07) is 4.69. The van der Waals surface area contributed by atoms with Crippen molar-refractivity contribution in [1.29, 1.82) is 0 Å². The van der Waals surface area contributed by atoms with Crippen molar-refractivity contribution in [2.45, 2.75) is 25.9 Å². The normalized spacial score (nSPS) is 12.6. The van der Waals surface area contributed by atoms with Crippen molar-refractivity contribution in [2.24, 2.45) is 0 Å². The van der Waals surface area contributed by atoms with E-state index in [1.807, 2.05) is 24.0 Å². The molecule has 0 saturated carbocycles. The first-order chi connectivity index (χ1) is 9.17. The van der Waals surface area contributed by atoms with Gasteiger partial charge in [0.15, 0.2) is 0 Å². The molecule has 1 heterocycles. The van der Waals surface area contributed by atoms with Gasteiger partial charge in [-0.25, -0.2) is 4.39 Å². The number of hydrogen-bond donors (Lipinski definition) is 1. The van der Waals surface area contributed by atoms with E-state index in [4.69, 9.17) is 11.6 Å². The SMILES string of the molecule is CCCn1cc(C(NC)c2cccc(F)c2Cl)cn1. The summed E-state index contributed by atoms with van der Waals surface area (Å²) in [7, 11) is 1.82. The largest absolute Gasteiger partial charge is 0.309 e. The molecule has 0 spiro atoms. The minimum atomic E-state index is -0.402. The molecule has 2 rings (SSSR count). The van der Waals surface area contributed by atoms with Crippen molar-refractivity contribution in [3.63, 3.8) is 0 Å². The number of nitrogens with zero attached hydrogens (tertiary/aromatic N) is 2.